The fourth-order valence-electron chi connectivity index (χ4n) is 1.68. The molecule has 0 spiro atoms. The van der Waals surface area contributed by atoms with Crippen LogP contribution in [0.2, 0.25) is 0 Å². The highest BCUT2D eigenvalue weighted by atomic mass is 16.4. The highest BCUT2D eigenvalue weighted by Crippen LogP contribution is 2.34. The van der Waals surface area contributed by atoms with Crippen molar-refractivity contribution in [2.45, 2.75) is 0 Å². The Bertz CT molecular complexity index is 726. The van der Waals surface area contributed by atoms with Crippen LogP contribution < -0.4 is 0 Å². The summed E-state index contributed by atoms with van der Waals surface area (Å²) in [5.41, 5.74) is -1.04. The van der Waals surface area contributed by atoms with E-state index in [0.717, 1.165) is 12.1 Å². The lowest BCUT2D eigenvalue weighted by Crippen LogP contribution is -2.08. The number of phenols is 1. The summed E-state index contributed by atoms with van der Waals surface area (Å²) >= 11 is 0. The molecule has 21 heavy (non-hydrogen) atoms. The third-order valence-corrected chi connectivity index (χ3v) is 2.62. The molecule has 7 heteroatoms. The first-order valence-electron chi connectivity index (χ1n) is 5.80. The maximum Gasteiger partial charge on any atom is 0.339 e. The maximum atomic E-state index is 11.2. The Morgan fingerprint density at radius 1 is 0.857 bits per heavy atom. The van der Waals surface area contributed by atoms with Crippen molar-refractivity contribution in [3.8, 4) is 5.75 Å². The number of hydrogen-bond acceptors (Lipinski definition) is 5. The van der Waals surface area contributed by atoms with Gasteiger partial charge in [-0.15, -0.1) is 5.11 Å². The number of rotatable bonds is 4. The summed E-state index contributed by atoms with van der Waals surface area (Å²) in [4.78, 5) is 22.3. The Morgan fingerprint density at radius 3 is 2.10 bits per heavy atom. The Morgan fingerprint density at radius 2 is 1.52 bits per heavy atom. The number of azo groups is 1. The molecule has 2 aromatic carbocycles. The number of aromatic hydroxyl groups is 1. The number of hydrogen-bond donors (Lipinski definition) is 3. The zero-order valence-corrected chi connectivity index (χ0v) is 10.6. The van der Waals surface area contributed by atoms with E-state index in [4.69, 9.17) is 10.2 Å². The van der Waals surface area contributed by atoms with E-state index in [-0.39, 0.29) is 0 Å². The summed E-state index contributed by atoms with van der Waals surface area (Å²) < 4.78 is 0. The molecule has 0 aliphatic heterocycles. The third-order valence-electron chi connectivity index (χ3n) is 2.62. The second-order valence-corrected chi connectivity index (χ2v) is 4.00. The van der Waals surface area contributed by atoms with Crippen LogP contribution >= 0.6 is 0 Å². The van der Waals surface area contributed by atoms with Crippen LogP contribution in [0.25, 0.3) is 0 Å². The fraction of sp³-hybridized carbons (Fsp3) is 0. The molecule has 0 saturated carbocycles. The van der Waals surface area contributed by atoms with Gasteiger partial charge in [0.15, 0.2) is 0 Å². The van der Waals surface area contributed by atoms with Gasteiger partial charge in [-0.3, -0.25) is 0 Å². The molecule has 0 fully saturated rings. The number of carboxylic acids is 2. The molecule has 7 nitrogen and oxygen atoms in total. The highest BCUT2D eigenvalue weighted by Gasteiger charge is 2.23. The lowest BCUT2D eigenvalue weighted by molar-refractivity contribution is 0.0652. The monoisotopic (exact) mass is 286 g/mol. The van der Waals surface area contributed by atoms with E-state index < -0.39 is 34.5 Å². The summed E-state index contributed by atoms with van der Waals surface area (Å²) in [5, 5.41) is 35.3. The van der Waals surface area contributed by atoms with Crippen molar-refractivity contribution in [3.05, 3.63) is 53.6 Å². The highest BCUT2D eigenvalue weighted by molar-refractivity contribution is 6.06. The molecule has 2 aromatic rings. The lowest BCUT2D eigenvalue weighted by atomic mass is 10.0. The van der Waals surface area contributed by atoms with Crippen molar-refractivity contribution in [2.75, 3.05) is 0 Å². The molecule has 0 aliphatic carbocycles. The van der Waals surface area contributed by atoms with E-state index in [1.807, 2.05) is 0 Å². The minimum atomic E-state index is -1.51. The van der Waals surface area contributed by atoms with Gasteiger partial charge in [-0.05, 0) is 24.3 Å². The van der Waals surface area contributed by atoms with Crippen LogP contribution in [0, 0.1) is 0 Å². The van der Waals surface area contributed by atoms with Crippen LogP contribution in [-0.2, 0) is 0 Å². The van der Waals surface area contributed by atoms with Gasteiger partial charge in [-0.25, -0.2) is 9.59 Å². The maximum absolute atomic E-state index is 11.2. The van der Waals surface area contributed by atoms with E-state index in [1.54, 1.807) is 30.3 Å². The van der Waals surface area contributed by atoms with Crippen LogP contribution in [0.5, 0.6) is 5.75 Å². The molecule has 0 aliphatic rings. The first kappa shape index (κ1) is 14.2. The number of carboxylic acid groups (broad SMARTS) is 2. The number of phenolic OH excluding ortho intramolecular Hbond substituents is 1. The van der Waals surface area contributed by atoms with Crippen molar-refractivity contribution >= 4 is 23.3 Å². The predicted octanol–water partition coefficient (Wildman–Crippen LogP) is 3.20. The summed E-state index contributed by atoms with van der Waals surface area (Å²) in [7, 11) is 0. The van der Waals surface area contributed by atoms with Gasteiger partial charge in [-0.2, -0.15) is 5.11 Å². The summed E-state index contributed by atoms with van der Waals surface area (Å²) in [6, 6.07) is 10.5. The smallest absolute Gasteiger partial charge is 0.339 e. The lowest BCUT2D eigenvalue weighted by Gasteiger charge is -2.06. The summed E-state index contributed by atoms with van der Waals surface area (Å²) in [6.07, 6.45) is 0. The molecule has 0 unspecified atom stereocenters. The minimum Gasteiger partial charge on any atom is -0.506 e. The van der Waals surface area contributed by atoms with Crippen molar-refractivity contribution in [1.82, 2.24) is 0 Å². The Balaban J connectivity index is 2.57. The molecule has 0 heterocycles. The van der Waals surface area contributed by atoms with Gasteiger partial charge < -0.3 is 15.3 Å². The largest absolute Gasteiger partial charge is 0.506 e. The van der Waals surface area contributed by atoms with Crippen molar-refractivity contribution < 1.29 is 24.9 Å². The van der Waals surface area contributed by atoms with Gasteiger partial charge in [0.05, 0.1) is 11.3 Å². The minimum absolute atomic E-state index is 0.397. The van der Waals surface area contributed by atoms with Crippen LogP contribution in [0.4, 0.5) is 11.4 Å². The number of nitrogens with zero attached hydrogens (tertiary/aromatic N) is 2. The Labute approximate surface area is 118 Å². The molecule has 0 radical (unpaired) electrons. The van der Waals surface area contributed by atoms with Gasteiger partial charge in [-0.1, -0.05) is 18.2 Å². The van der Waals surface area contributed by atoms with Gasteiger partial charge in [0, 0.05) is 0 Å². The van der Waals surface area contributed by atoms with Crippen LogP contribution in [0.3, 0.4) is 0 Å². The predicted molar refractivity (Wildman–Crippen MR) is 72.6 cm³/mol. The van der Waals surface area contributed by atoms with Crippen molar-refractivity contribution in [1.29, 1.82) is 0 Å². The van der Waals surface area contributed by atoms with Gasteiger partial charge in [0.1, 0.15) is 17.0 Å². The van der Waals surface area contributed by atoms with E-state index in [2.05, 4.69) is 10.2 Å². The first-order chi connectivity index (χ1) is 10.0. The fourth-order valence-corrected chi connectivity index (χ4v) is 1.68. The molecule has 2 rings (SSSR count). The van der Waals surface area contributed by atoms with Crippen molar-refractivity contribution in [3.63, 3.8) is 0 Å². The zero-order chi connectivity index (χ0) is 15.4. The molecular formula is C14H10N2O5. The zero-order valence-electron chi connectivity index (χ0n) is 10.6. The molecule has 0 bridgehead atoms. The Kier molecular flexibility index (Phi) is 3.94. The average Bonchev–Trinajstić information content (AvgIpc) is 2.46. The molecule has 0 atom stereocenters. The quantitative estimate of drug-likeness (QED) is 0.745. The topological polar surface area (TPSA) is 120 Å². The third kappa shape index (κ3) is 3.03. The summed E-state index contributed by atoms with van der Waals surface area (Å²) in [6.45, 7) is 0. The average molecular weight is 286 g/mol. The van der Waals surface area contributed by atoms with E-state index >= 15 is 0 Å². The molecule has 106 valence electrons. The molecule has 3 N–H and O–H groups in total. The van der Waals surface area contributed by atoms with Gasteiger partial charge >= 0.3 is 11.9 Å². The first-order valence-corrected chi connectivity index (χ1v) is 5.80. The van der Waals surface area contributed by atoms with E-state index in [1.165, 1.54) is 0 Å². The molecular weight excluding hydrogens is 276 g/mol. The van der Waals surface area contributed by atoms with Crippen LogP contribution in [-0.4, -0.2) is 27.3 Å². The van der Waals surface area contributed by atoms with Gasteiger partial charge in [0.25, 0.3) is 0 Å². The SMILES string of the molecule is O=C(O)c1ccc(O)c(N=Nc2ccccc2)c1C(=O)O. The van der Waals surface area contributed by atoms with Gasteiger partial charge in [0.2, 0.25) is 0 Å². The summed E-state index contributed by atoms with van der Waals surface area (Å²) in [5.74, 6) is -3.40. The van der Waals surface area contributed by atoms with Crippen LogP contribution in [0.1, 0.15) is 20.7 Å². The van der Waals surface area contributed by atoms with Crippen LogP contribution in [0.15, 0.2) is 52.7 Å². The van der Waals surface area contributed by atoms with E-state index in [0.29, 0.717) is 5.69 Å². The second-order valence-electron chi connectivity index (χ2n) is 4.00. The molecule has 0 saturated heterocycles. The number of benzene rings is 2. The normalized spacial score (nSPS) is 10.7. The molecule has 0 amide bonds. The number of aromatic carboxylic acids is 2. The van der Waals surface area contributed by atoms with Crippen molar-refractivity contribution in [2.24, 2.45) is 10.2 Å². The molecule has 0 aromatic heterocycles. The number of carbonyl (C=O) groups is 2. The van der Waals surface area contributed by atoms with E-state index in [9.17, 15) is 14.7 Å². The second kappa shape index (κ2) is 5.83. The standard InChI is InChI=1S/C14H10N2O5/c17-10-7-6-9(13(18)19)11(14(20)21)12(10)16-15-8-4-2-1-3-5-8/h1-7,17H,(H,18,19)(H,20,21). The Hall–Kier alpha value is -3.22.